The fraction of sp³-hybridized carbons (Fsp3) is 0.286. The van der Waals surface area contributed by atoms with Crippen molar-refractivity contribution in [3.05, 3.63) is 64.6 Å². The second-order valence-corrected chi connectivity index (χ2v) is 5.88. The summed E-state index contributed by atoms with van der Waals surface area (Å²) in [7, 11) is 0. The Labute approximate surface area is 177 Å². The number of carbonyl (C=O) groups excluding carboxylic acids is 3. The number of rotatable bonds is 7. The van der Waals surface area contributed by atoms with E-state index in [1.807, 2.05) is 0 Å². The molecule has 2 aromatic rings. The first-order valence-corrected chi connectivity index (χ1v) is 9.24. The third-order valence-electron chi connectivity index (χ3n) is 3.81. The van der Waals surface area contributed by atoms with E-state index < -0.39 is 0 Å². The molecule has 3 rings (SSSR count). The van der Waals surface area contributed by atoms with Crippen LogP contribution < -0.4 is 5.73 Å². The van der Waals surface area contributed by atoms with Crippen molar-refractivity contribution in [2.75, 3.05) is 26.4 Å². The lowest BCUT2D eigenvalue weighted by atomic mass is 9.88. The number of hydrogen-bond donors (Lipinski definition) is 3. The minimum absolute atomic E-state index is 0. The fourth-order valence-corrected chi connectivity index (χ4v) is 2.38. The number of carbonyl (C=O) groups is 3. The van der Waals surface area contributed by atoms with Crippen molar-refractivity contribution in [2.45, 2.75) is 13.3 Å². The van der Waals surface area contributed by atoms with Crippen LogP contribution in [-0.4, -0.2) is 54.6 Å². The Balaban J connectivity index is 0.000000334. The third-order valence-corrected chi connectivity index (χ3v) is 3.81. The topological polar surface area (TPSA) is 149 Å². The van der Waals surface area contributed by atoms with Gasteiger partial charge in [-0.15, -0.1) is 0 Å². The van der Waals surface area contributed by atoms with E-state index in [9.17, 15) is 24.0 Å². The summed E-state index contributed by atoms with van der Waals surface area (Å²) in [4.78, 5) is 36.9. The smallest absolute Gasteiger partial charge is 0.293 e. The number of benzene rings is 1. The summed E-state index contributed by atoms with van der Waals surface area (Å²) < 4.78 is 20.0. The van der Waals surface area contributed by atoms with E-state index in [1.165, 1.54) is 12.1 Å². The lowest BCUT2D eigenvalue weighted by molar-refractivity contribution is -0.128. The molecule has 0 amide bonds. The van der Waals surface area contributed by atoms with Gasteiger partial charge in [0.1, 0.15) is 0 Å². The minimum Gasteiger partial charge on any atom is -0.504 e. The van der Waals surface area contributed by atoms with Crippen LogP contribution in [0.25, 0.3) is 5.76 Å². The van der Waals surface area contributed by atoms with Crippen LogP contribution in [0.5, 0.6) is 0 Å². The maximum Gasteiger partial charge on any atom is 0.293 e. The van der Waals surface area contributed by atoms with Gasteiger partial charge >= 0.3 is 0 Å². The number of fused-ring (bicyclic) bond motifs is 2. The van der Waals surface area contributed by atoms with E-state index in [4.69, 9.17) is 15.3 Å². The predicted octanol–water partition coefficient (Wildman–Crippen LogP) is 2.36. The monoisotopic (exact) mass is 437 g/mol. The summed E-state index contributed by atoms with van der Waals surface area (Å²) in [5.74, 6) is -0.572. The first-order chi connectivity index (χ1) is 15.0. The summed E-state index contributed by atoms with van der Waals surface area (Å²) >= 11 is 0. The molecular weight excluding hydrogens is 413 g/mol. The molecule has 1 aromatic carbocycles. The molecule has 4 N–H and O–H groups in total. The maximum absolute atomic E-state index is 12.3. The Morgan fingerprint density at radius 3 is 2.29 bits per heavy atom. The summed E-state index contributed by atoms with van der Waals surface area (Å²) in [5.41, 5.74) is 5.68. The van der Waals surface area contributed by atoms with Crippen molar-refractivity contribution in [3.63, 3.8) is 0 Å². The first-order valence-electron chi connectivity index (χ1n) is 9.24. The normalized spacial score (nSPS) is 11.9. The Morgan fingerprint density at radius 2 is 1.81 bits per heavy atom. The molecule has 0 unspecified atom stereocenters. The number of ether oxygens (including phenoxy) is 1. The van der Waals surface area contributed by atoms with E-state index in [1.54, 1.807) is 31.2 Å². The number of allylic oxidation sites excluding steroid dienone is 1. The van der Waals surface area contributed by atoms with E-state index in [0.29, 0.717) is 30.6 Å². The molecule has 0 bridgehead atoms. The average Bonchev–Trinajstić information content (AvgIpc) is 3.25. The van der Waals surface area contributed by atoms with Crippen molar-refractivity contribution < 1.29 is 43.2 Å². The van der Waals surface area contributed by atoms with E-state index >= 15 is 0 Å². The van der Waals surface area contributed by atoms with E-state index in [-0.39, 0.29) is 54.2 Å². The molecule has 31 heavy (non-hydrogen) atoms. The highest BCUT2D eigenvalue weighted by Crippen LogP contribution is 2.31. The standard InChI is InChI=1S/C15H10O4.C4H8O3.C2H6FNO/c1-2-11(16)12-7-10-13(17)8-5-3-4-6-9(8)14(18)15(10)19-12;5-2-1-3-7-4-6;3-5-2-1-4/h2-7,16H,1H3;4-5H,1-3H2;1-2,4H2/b11-2-;;. The Morgan fingerprint density at radius 1 is 1.16 bits per heavy atom. The number of nitrogens with two attached hydrogens (primary N) is 1. The fourth-order valence-electron chi connectivity index (χ4n) is 2.38. The van der Waals surface area contributed by atoms with Crippen molar-refractivity contribution in [1.82, 2.24) is 0 Å². The van der Waals surface area contributed by atoms with Gasteiger partial charge in [-0.2, -0.15) is 4.94 Å². The first kappa shape index (κ1) is 25.7. The van der Waals surface area contributed by atoms with Crippen LogP contribution in [0.2, 0.25) is 0 Å². The Bertz CT molecular complexity index is 852. The van der Waals surface area contributed by atoms with Gasteiger partial charge in [-0.25, -0.2) is 0 Å². The van der Waals surface area contributed by atoms with Gasteiger partial charge in [0.05, 0.1) is 18.8 Å². The lowest BCUT2D eigenvalue weighted by Gasteiger charge is -2.11. The average molecular weight is 437 g/mol. The van der Waals surface area contributed by atoms with Crippen molar-refractivity contribution in [2.24, 2.45) is 5.73 Å². The summed E-state index contributed by atoms with van der Waals surface area (Å²) in [6.45, 7) is 2.65. The molecule has 0 radical (unpaired) electrons. The minimum atomic E-state index is -0.333. The Kier molecular flexibility index (Phi) is 11.4. The highest BCUT2D eigenvalue weighted by molar-refractivity contribution is 6.27. The number of furan rings is 1. The molecule has 1 aromatic heterocycles. The highest BCUT2D eigenvalue weighted by Gasteiger charge is 2.33. The number of halogens is 1. The third kappa shape index (κ3) is 7.14. The molecule has 9 nitrogen and oxygen atoms in total. The molecule has 0 aliphatic heterocycles. The van der Waals surface area contributed by atoms with E-state index in [2.05, 4.69) is 9.68 Å². The van der Waals surface area contributed by atoms with E-state index in [0.717, 1.165) is 0 Å². The van der Waals surface area contributed by atoms with Crippen molar-refractivity contribution in [1.29, 1.82) is 0 Å². The van der Waals surface area contributed by atoms with Crippen LogP contribution in [0.1, 0.15) is 51.1 Å². The molecule has 0 atom stereocenters. The zero-order valence-electron chi connectivity index (χ0n) is 16.9. The van der Waals surface area contributed by atoms with Crippen LogP contribution in [0.3, 0.4) is 0 Å². The van der Waals surface area contributed by atoms with Crippen LogP contribution in [0.15, 0.2) is 40.8 Å². The summed E-state index contributed by atoms with van der Waals surface area (Å²) in [5, 5.41) is 17.7. The van der Waals surface area contributed by atoms with Crippen LogP contribution in [0, 0.1) is 0 Å². The van der Waals surface area contributed by atoms with Crippen LogP contribution >= 0.6 is 0 Å². The Hall–Kier alpha value is -3.34. The highest BCUT2D eigenvalue weighted by atomic mass is 19.3. The second kappa shape index (κ2) is 13.8. The molecular formula is C21H24FNO8. The van der Waals surface area contributed by atoms with Gasteiger partial charge in [-0.3, -0.25) is 14.4 Å². The largest absolute Gasteiger partial charge is 0.504 e. The van der Waals surface area contributed by atoms with Gasteiger partial charge in [0, 0.05) is 30.7 Å². The van der Waals surface area contributed by atoms with Gasteiger partial charge in [-0.1, -0.05) is 24.3 Å². The zero-order chi connectivity index (χ0) is 23.2. The predicted molar refractivity (Wildman–Crippen MR) is 108 cm³/mol. The molecule has 1 aliphatic carbocycles. The van der Waals surface area contributed by atoms with Crippen LogP contribution in [0.4, 0.5) is 4.53 Å². The van der Waals surface area contributed by atoms with Crippen LogP contribution in [-0.2, 0) is 14.5 Å². The van der Waals surface area contributed by atoms with Crippen molar-refractivity contribution in [3.8, 4) is 0 Å². The molecule has 0 spiro atoms. The lowest BCUT2D eigenvalue weighted by Crippen LogP contribution is -2.18. The number of aliphatic hydroxyl groups is 2. The molecule has 0 saturated heterocycles. The van der Waals surface area contributed by atoms with Crippen molar-refractivity contribution >= 4 is 23.8 Å². The molecule has 168 valence electrons. The molecule has 10 heteroatoms. The number of ketones is 2. The molecule has 0 saturated carbocycles. The molecule has 1 aliphatic rings. The quantitative estimate of drug-likeness (QED) is 0.288. The van der Waals surface area contributed by atoms with Gasteiger partial charge in [0.2, 0.25) is 5.78 Å². The van der Waals surface area contributed by atoms with Gasteiger partial charge in [-0.05, 0) is 23.6 Å². The molecule has 0 fully saturated rings. The second-order valence-electron chi connectivity index (χ2n) is 5.88. The molecule has 1 heterocycles. The number of hydrogen-bond acceptors (Lipinski definition) is 9. The SMILES string of the molecule is C/C=C(\O)c1cc2c(o1)C(=O)c1ccccc1C2=O.NCCOF.O=COCCCO. The van der Waals surface area contributed by atoms with Gasteiger partial charge in [0.25, 0.3) is 6.47 Å². The summed E-state index contributed by atoms with van der Waals surface area (Å²) in [6, 6.07) is 8.01. The summed E-state index contributed by atoms with van der Waals surface area (Å²) in [6.07, 6.45) is 1.96. The van der Waals surface area contributed by atoms with Gasteiger partial charge < -0.3 is 25.1 Å². The number of aliphatic hydroxyl groups excluding tert-OH is 2. The zero-order valence-corrected chi connectivity index (χ0v) is 16.9. The maximum atomic E-state index is 12.3. The van der Waals surface area contributed by atoms with Gasteiger partial charge in [0.15, 0.2) is 23.1 Å².